The predicted molar refractivity (Wildman–Crippen MR) is 87.6 cm³/mol. The SMILES string of the molecule is CCn1cc(C(=O)NC(c2ccc(OC)nc2)C2CC(O)C2)cn1. The highest BCUT2D eigenvalue weighted by Crippen LogP contribution is 2.38. The van der Waals surface area contributed by atoms with Gasteiger partial charge in [0.2, 0.25) is 5.88 Å². The first kappa shape index (κ1) is 16.4. The van der Waals surface area contributed by atoms with Gasteiger partial charge in [0.1, 0.15) is 0 Å². The summed E-state index contributed by atoms with van der Waals surface area (Å²) >= 11 is 0. The topological polar surface area (TPSA) is 89.3 Å². The molecule has 1 aliphatic rings. The van der Waals surface area contributed by atoms with Gasteiger partial charge in [-0.1, -0.05) is 6.07 Å². The fourth-order valence-electron chi connectivity index (χ4n) is 2.95. The van der Waals surface area contributed by atoms with Gasteiger partial charge in [-0.15, -0.1) is 0 Å². The number of carbonyl (C=O) groups is 1. The first-order chi connectivity index (χ1) is 11.6. The summed E-state index contributed by atoms with van der Waals surface area (Å²) in [7, 11) is 1.56. The van der Waals surface area contributed by atoms with Crippen LogP contribution in [0.15, 0.2) is 30.7 Å². The Labute approximate surface area is 140 Å². The fourth-order valence-corrected chi connectivity index (χ4v) is 2.95. The molecule has 2 N–H and O–H groups in total. The van der Waals surface area contributed by atoms with Crippen LogP contribution in [0.25, 0.3) is 0 Å². The molecule has 0 saturated heterocycles. The number of aliphatic hydroxyl groups is 1. The maximum Gasteiger partial charge on any atom is 0.254 e. The maximum absolute atomic E-state index is 12.5. The van der Waals surface area contributed by atoms with Crippen LogP contribution in [0.2, 0.25) is 0 Å². The predicted octanol–water partition coefficient (Wildman–Crippen LogP) is 1.55. The minimum atomic E-state index is -0.288. The van der Waals surface area contributed by atoms with Gasteiger partial charge in [-0.2, -0.15) is 5.10 Å². The number of ether oxygens (including phenoxy) is 1. The summed E-state index contributed by atoms with van der Waals surface area (Å²) in [5.41, 5.74) is 1.44. The number of nitrogens with one attached hydrogen (secondary N) is 1. The van der Waals surface area contributed by atoms with Crippen LogP contribution in [-0.2, 0) is 6.54 Å². The zero-order valence-corrected chi connectivity index (χ0v) is 13.8. The van der Waals surface area contributed by atoms with E-state index in [0.717, 1.165) is 5.56 Å². The second-order valence-corrected chi connectivity index (χ2v) is 6.06. The third-order valence-electron chi connectivity index (χ3n) is 4.45. The quantitative estimate of drug-likeness (QED) is 0.839. The zero-order chi connectivity index (χ0) is 17.1. The van der Waals surface area contributed by atoms with Crippen LogP contribution in [0.4, 0.5) is 0 Å². The van der Waals surface area contributed by atoms with Crippen molar-refractivity contribution >= 4 is 5.91 Å². The van der Waals surface area contributed by atoms with Crippen molar-refractivity contribution in [1.82, 2.24) is 20.1 Å². The van der Waals surface area contributed by atoms with E-state index in [2.05, 4.69) is 15.4 Å². The fraction of sp³-hybridized carbons (Fsp3) is 0.471. The number of hydrogen-bond donors (Lipinski definition) is 2. The molecule has 24 heavy (non-hydrogen) atoms. The number of rotatable bonds is 6. The summed E-state index contributed by atoms with van der Waals surface area (Å²) in [5, 5.41) is 16.8. The molecule has 2 aromatic rings. The minimum Gasteiger partial charge on any atom is -0.481 e. The van der Waals surface area contributed by atoms with Crippen LogP contribution in [0, 0.1) is 5.92 Å². The molecule has 1 unspecified atom stereocenters. The molecule has 0 spiro atoms. The lowest BCUT2D eigenvalue weighted by Crippen LogP contribution is -2.41. The Morgan fingerprint density at radius 2 is 2.25 bits per heavy atom. The maximum atomic E-state index is 12.5. The van der Waals surface area contributed by atoms with E-state index in [0.29, 0.717) is 30.8 Å². The molecule has 2 aromatic heterocycles. The molecule has 1 aliphatic carbocycles. The van der Waals surface area contributed by atoms with E-state index in [-0.39, 0.29) is 24.0 Å². The van der Waals surface area contributed by atoms with Crippen molar-refractivity contribution < 1.29 is 14.6 Å². The summed E-state index contributed by atoms with van der Waals surface area (Å²) in [6.45, 7) is 2.68. The number of pyridine rings is 1. The van der Waals surface area contributed by atoms with Crippen molar-refractivity contribution in [2.45, 2.75) is 38.5 Å². The van der Waals surface area contributed by atoms with Crippen LogP contribution in [0.5, 0.6) is 5.88 Å². The molecule has 2 heterocycles. The summed E-state index contributed by atoms with van der Waals surface area (Å²) in [6, 6.07) is 3.49. The third-order valence-corrected chi connectivity index (χ3v) is 4.45. The van der Waals surface area contributed by atoms with Crippen LogP contribution in [0.1, 0.15) is 41.7 Å². The lowest BCUT2D eigenvalue weighted by atomic mass is 9.75. The highest BCUT2D eigenvalue weighted by atomic mass is 16.5. The molecular weight excluding hydrogens is 308 g/mol. The van der Waals surface area contributed by atoms with E-state index >= 15 is 0 Å². The van der Waals surface area contributed by atoms with Crippen molar-refractivity contribution in [3.8, 4) is 5.88 Å². The molecule has 0 radical (unpaired) electrons. The molecule has 1 amide bonds. The van der Waals surface area contributed by atoms with Crippen molar-refractivity contribution in [1.29, 1.82) is 0 Å². The van der Waals surface area contributed by atoms with Gasteiger partial charge in [0.15, 0.2) is 0 Å². The standard InChI is InChI=1S/C17H22N4O3/c1-3-21-10-13(9-19-21)17(23)20-16(12-6-14(22)7-12)11-4-5-15(24-2)18-8-11/h4-5,8-10,12,14,16,22H,3,6-7H2,1-2H3,(H,20,23). The van der Waals surface area contributed by atoms with E-state index in [9.17, 15) is 9.90 Å². The van der Waals surface area contributed by atoms with Gasteiger partial charge in [-0.25, -0.2) is 4.98 Å². The largest absolute Gasteiger partial charge is 0.481 e. The van der Waals surface area contributed by atoms with Crippen LogP contribution < -0.4 is 10.1 Å². The number of nitrogens with zero attached hydrogens (tertiary/aromatic N) is 3. The van der Waals surface area contributed by atoms with Gasteiger partial charge < -0.3 is 15.2 Å². The Kier molecular flexibility index (Phi) is 4.80. The Morgan fingerprint density at radius 1 is 1.46 bits per heavy atom. The smallest absolute Gasteiger partial charge is 0.254 e. The summed E-state index contributed by atoms with van der Waals surface area (Å²) in [4.78, 5) is 16.8. The van der Waals surface area contributed by atoms with Gasteiger partial charge in [0, 0.05) is 25.0 Å². The normalized spacial score (nSPS) is 21.0. The van der Waals surface area contributed by atoms with Gasteiger partial charge >= 0.3 is 0 Å². The highest BCUT2D eigenvalue weighted by molar-refractivity contribution is 5.94. The molecule has 1 atom stereocenters. The molecule has 7 heteroatoms. The number of aromatic nitrogens is 3. The van der Waals surface area contributed by atoms with Gasteiger partial charge in [-0.3, -0.25) is 9.48 Å². The summed E-state index contributed by atoms with van der Waals surface area (Å²) in [6.07, 6.45) is 6.07. The van der Waals surface area contributed by atoms with E-state index in [4.69, 9.17) is 4.74 Å². The average Bonchev–Trinajstić information content (AvgIpc) is 3.06. The minimum absolute atomic E-state index is 0.170. The molecule has 0 bridgehead atoms. The monoisotopic (exact) mass is 330 g/mol. The molecule has 1 saturated carbocycles. The number of aryl methyl sites for hydroxylation is 1. The number of carbonyl (C=O) groups excluding carboxylic acids is 1. The first-order valence-electron chi connectivity index (χ1n) is 8.12. The average molecular weight is 330 g/mol. The third kappa shape index (κ3) is 3.41. The second kappa shape index (κ2) is 7.00. The summed E-state index contributed by atoms with van der Waals surface area (Å²) < 4.78 is 6.80. The highest BCUT2D eigenvalue weighted by Gasteiger charge is 2.36. The van der Waals surface area contributed by atoms with Crippen LogP contribution >= 0.6 is 0 Å². The number of methoxy groups -OCH3 is 1. The lowest BCUT2D eigenvalue weighted by Gasteiger charge is -2.38. The number of hydrogen-bond acceptors (Lipinski definition) is 5. The Bertz CT molecular complexity index is 692. The molecule has 3 rings (SSSR count). The molecule has 0 aromatic carbocycles. The van der Waals surface area contributed by atoms with Crippen molar-refractivity contribution in [2.24, 2.45) is 5.92 Å². The Morgan fingerprint density at radius 3 is 2.79 bits per heavy atom. The van der Waals surface area contributed by atoms with Crippen LogP contribution in [-0.4, -0.2) is 39.0 Å². The first-order valence-corrected chi connectivity index (χ1v) is 8.12. The van der Waals surface area contributed by atoms with E-state index in [1.165, 1.54) is 0 Å². The van der Waals surface area contributed by atoms with Crippen LogP contribution in [0.3, 0.4) is 0 Å². The summed E-state index contributed by atoms with van der Waals surface area (Å²) in [5.74, 6) is 0.555. The zero-order valence-electron chi connectivity index (χ0n) is 13.8. The van der Waals surface area contributed by atoms with E-state index in [1.807, 2.05) is 13.0 Å². The van der Waals surface area contributed by atoms with Crippen molar-refractivity contribution in [3.05, 3.63) is 41.9 Å². The molecule has 7 nitrogen and oxygen atoms in total. The number of amides is 1. The molecule has 1 fully saturated rings. The molecule has 128 valence electrons. The lowest BCUT2D eigenvalue weighted by molar-refractivity contribution is 0.0234. The second-order valence-electron chi connectivity index (χ2n) is 6.06. The van der Waals surface area contributed by atoms with Gasteiger partial charge in [0.25, 0.3) is 5.91 Å². The van der Waals surface area contributed by atoms with Gasteiger partial charge in [-0.05, 0) is 31.2 Å². The van der Waals surface area contributed by atoms with E-state index in [1.54, 1.807) is 36.4 Å². The molecular formula is C17H22N4O3. The Balaban J connectivity index is 1.77. The Hall–Kier alpha value is -2.41. The van der Waals surface area contributed by atoms with Crippen molar-refractivity contribution in [3.63, 3.8) is 0 Å². The number of aliphatic hydroxyl groups excluding tert-OH is 1. The van der Waals surface area contributed by atoms with Crippen molar-refractivity contribution in [2.75, 3.05) is 7.11 Å². The van der Waals surface area contributed by atoms with E-state index < -0.39 is 0 Å². The molecule has 0 aliphatic heterocycles. The van der Waals surface area contributed by atoms with Gasteiger partial charge in [0.05, 0.1) is 31.0 Å².